The van der Waals surface area contributed by atoms with Crippen molar-refractivity contribution in [3.05, 3.63) is 24.3 Å². The lowest BCUT2D eigenvalue weighted by Crippen LogP contribution is -2.36. The van der Waals surface area contributed by atoms with Crippen molar-refractivity contribution >= 4 is 23.0 Å². The van der Waals surface area contributed by atoms with E-state index in [9.17, 15) is 0 Å². The Morgan fingerprint density at radius 3 is 2.53 bits per heavy atom. The average molecular weight is 278 g/mol. The number of likely N-dealkylation sites (tertiary alicyclic amines) is 1. The van der Waals surface area contributed by atoms with Crippen LogP contribution in [0.4, 0.5) is 5.69 Å². The SMILES string of the molecule is COc1cccc(NC(=S)N2CCCCCCC2)c1. The molecule has 1 N–H and O–H groups in total. The molecule has 1 saturated heterocycles. The summed E-state index contributed by atoms with van der Waals surface area (Å²) in [5.74, 6) is 0.848. The van der Waals surface area contributed by atoms with Gasteiger partial charge in [-0.2, -0.15) is 0 Å². The Bertz CT molecular complexity index is 414. The zero-order chi connectivity index (χ0) is 13.5. The summed E-state index contributed by atoms with van der Waals surface area (Å²) in [6.07, 6.45) is 6.47. The lowest BCUT2D eigenvalue weighted by atomic mass is 10.1. The van der Waals surface area contributed by atoms with E-state index in [4.69, 9.17) is 17.0 Å². The number of nitrogens with zero attached hydrogens (tertiary/aromatic N) is 1. The summed E-state index contributed by atoms with van der Waals surface area (Å²) in [6, 6.07) is 7.89. The van der Waals surface area contributed by atoms with Gasteiger partial charge in [0.1, 0.15) is 5.75 Å². The van der Waals surface area contributed by atoms with Gasteiger partial charge in [-0.1, -0.05) is 25.3 Å². The highest BCUT2D eigenvalue weighted by Crippen LogP contribution is 2.18. The van der Waals surface area contributed by atoms with Crippen LogP contribution in [-0.2, 0) is 0 Å². The molecule has 4 heteroatoms. The summed E-state index contributed by atoms with van der Waals surface area (Å²) in [6.45, 7) is 2.13. The van der Waals surface area contributed by atoms with Crippen LogP contribution < -0.4 is 10.1 Å². The Labute approximate surface area is 120 Å². The second kappa shape index (κ2) is 7.34. The van der Waals surface area contributed by atoms with E-state index in [-0.39, 0.29) is 0 Å². The molecule has 0 radical (unpaired) electrons. The standard InChI is InChI=1S/C15H22N2OS/c1-18-14-9-7-8-13(12-14)16-15(19)17-10-5-3-2-4-6-11-17/h7-9,12H,2-6,10-11H2,1H3,(H,16,19). The van der Waals surface area contributed by atoms with Crippen molar-refractivity contribution in [3.63, 3.8) is 0 Å². The Morgan fingerprint density at radius 1 is 1.16 bits per heavy atom. The molecular weight excluding hydrogens is 256 g/mol. The number of nitrogens with one attached hydrogen (secondary N) is 1. The van der Waals surface area contributed by atoms with Gasteiger partial charge in [-0.3, -0.25) is 0 Å². The summed E-state index contributed by atoms with van der Waals surface area (Å²) in [5, 5.41) is 4.14. The molecule has 0 atom stereocenters. The van der Waals surface area contributed by atoms with E-state index in [2.05, 4.69) is 10.2 Å². The van der Waals surface area contributed by atoms with Gasteiger partial charge in [0, 0.05) is 24.8 Å². The lowest BCUT2D eigenvalue weighted by molar-refractivity contribution is 0.366. The van der Waals surface area contributed by atoms with Crippen molar-refractivity contribution in [2.45, 2.75) is 32.1 Å². The zero-order valence-electron chi connectivity index (χ0n) is 11.5. The predicted octanol–water partition coefficient (Wildman–Crippen LogP) is 3.66. The van der Waals surface area contributed by atoms with Gasteiger partial charge in [-0.15, -0.1) is 0 Å². The highest BCUT2D eigenvalue weighted by molar-refractivity contribution is 7.80. The molecule has 104 valence electrons. The van der Waals surface area contributed by atoms with Crippen LogP contribution in [0.3, 0.4) is 0 Å². The fourth-order valence-electron chi connectivity index (χ4n) is 2.35. The predicted molar refractivity (Wildman–Crippen MR) is 83.9 cm³/mol. The molecule has 3 nitrogen and oxygen atoms in total. The average Bonchev–Trinajstić information content (AvgIpc) is 2.38. The first-order chi connectivity index (χ1) is 9.29. The summed E-state index contributed by atoms with van der Waals surface area (Å²) in [4.78, 5) is 2.29. The number of anilines is 1. The van der Waals surface area contributed by atoms with Crippen molar-refractivity contribution in [2.75, 3.05) is 25.5 Å². The number of rotatable bonds is 2. The van der Waals surface area contributed by atoms with Crippen molar-refractivity contribution < 1.29 is 4.74 Å². The van der Waals surface area contributed by atoms with E-state index in [1.807, 2.05) is 24.3 Å². The first kappa shape index (κ1) is 14.1. The molecule has 1 aromatic rings. The number of ether oxygens (including phenoxy) is 1. The second-order valence-corrected chi connectivity index (χ2v) is 5.30. The third-order valence-electron chi connectivity index (χ3n) is 3.46. The number of hydrogen-bond donors (Lipinski definition) is 1. The van der Waals surface area contributed by atoms with E-state index in [0.717, 1.165) is 29.6 Å². The van der Waals surface area contributed by atoms with Crippen LogP contribution >= 0.6 is 12.2 Å². The van der Waals surface area contributed by atoms with Gasteiger partial charge in [0.2, 0.25) is 0 Å². The number of thiocarbonyl (C=S) groups is 1. The maximum atomic E-state index is 5.51. The van der Waals surface area contributed by atoms with Crippen LogP contribution in [0.2, 0.25) is 0 Å². The molecule has 0 bridgehead atoms. The fourth-order valence-corrected chi connectivity index (χ4v) is 2.65. The van der Waals surface area contributed by atoms with Crippen molar-refractivity contribution in [3.8, 4) is 5.75 Å². The minimum absolute atomic E-state index is 0.829. The normalized spacial score (nSPS) is 16.4. The Kier molecular flexibility index (Phi) is 5.45. The summed E-state index contributed by atoms with van der Waals surface area (Å²) >= 11 is 5.51. The monoisotopic (exact) mass is 278 g/mol. The van der Waals surface area contributed by atoms with E-state index in [0.29, 0.717) is 0 Å². The highest BCUT2D eigenvalue weighted by Gasteiger charge is 2.11. The van der Waals surface area contributed by atoms with Crippen LogP contribution in [0.1, 0.15) is 32.1 Å². The van der Waals surface area contributed by atoms with E-state index < -0.39 is 0 Å². The molecule has 0 unspecified atom stereocenters. The summed E-state index contributed by atoms with van der Waals surface area (Å²) in [5.41, 5.74) is 0.992. The van der Waals surface area contributed by atoms with Crippen molar-refractivity contribution in [2.24, 2.45) is 0 Å². The number of hydrogen-bond acceptors (Lipinski definition) is 2. The van der Waals surface area contributed by atoms with Gasteiger partial charge >= 0.3 is 0 Å². The van der Waals surface area contributed by atoms with Gasteiger partial charge in [0.25, 0.3) is 0 Å². The second-order valence-electron chi connectivity index (χ2n) is 4.92. The molecule has 1 fully saturated rings. The third kappa shape index (κ3) is 4.39. The van der Waals surface area contributed by atoms with Gasteiger partial charge in [-0.25, -0.2) is 0 Å². The number of benzene rings is 1. The molecule has 0 saturated carbocycles. The third-order valence-corrected chi connectivity index (χ3v) is 3.82. The van der Waals surface area contributed by atoms with Gasteiger partial charge in [0.05, 0.1) is 7.11 Å². The first-order valence-corrected chi connectivity index (χ1v) is 7.40. The Morgan fingerprint density at radius 2 is 1.84 bits per heavy atom. The van der Waals surface area contributed by atoms with Crippen LogP contribution in [0.5, 0.6) is 5.75 Å². The van der Waals surface area contributed by atoms with E-state index >= 15 is 0 Å². The van der Waals surface area contributed by atoms with Crippen molar-refractivity contribution in [1.29, 1.82) is 0 Å². The minimum atomic E-state index is 0.829. The minimum Gasteiger partial charge on any atom is -0.497 e. The van der Waals surface area contributed by atoms with Crippen molar-refractivity contribution in [1.82, 2.24) is 4.90 Å². The molecule has 2 rings (SSSR count). The molecule has 1 aromatic carbocycles. The molecular formula is C15H22N2OS. The van der Waals surface area contributed by atoms with Crippen LogP contribution in [-0.4, -0.2) is 30.2 Å². The molecule has 1 heterocycles. The molecule has 0 aliphatic carbocycles. The highest BCUT2D eigenvalue weighted by atomic mass is 32.1. The van der Waals surface area contributed by atoms with Gasteiger partial charge < -0.3 is 15.0 Å². The van der Waals surface area contributed by atoms with E-state index in [1.54, 1.807) is 7.11 Å². The molecule has 0 amide bonds. The summed E-state index contributed by atoms with van der Waals surface area (Å²) in [7, 11) is 1.68. The Hall–Kier alpha value is -1.29. The van der Waals surface area contributed by atoms with Gasteiger partial charge in [0.15, 0.2) is 5.11 Å². The van der Waals surface area contributed by atoms with Crippen LogP contribution in [0.15, 0.2) is 24.3 Å². The molecule has 19 heavy (non-hydrogen) atoms. The fraction of sp³-hybridized carbons (Fsp3) is 0.533. The quantitative estimate of drug-likeness (QED) is 0.834. The number of methoxy groups -OCH3 is 1. The molecule has 1 aliphatic rings. The maximum Gasteiger partial charge on any atom is 0.173 e. The zero-order valence-corrected chi connectivity index (χ0v) is 12.3. The first-order valence-electron chi connectivity index (χ1n) is 6.99. The smallest absolute Gasteiger partial charge is 0.173 e. The summed E-state index contributed by atoms with van der Waals surface area (Å²) < 4.78 is 5.22. The Balaban J connectivity index is 1.94. The largest absolute Gasteiger partial charge is 0.497 e. The molecule has 0 aromatic heterocycles. The van der Waals surface area contributed by atoms with E-state index in [1.165, 1.54) is 32.1 Å². The van der Waals surface area contributed by atoms with Crippen LogP contribution in [0.25, 0.3) is 0 Å². The van der Waals surface area contributed by atoms with Crippen LogP contribution in [0, 0.1) is 0 Å². The maximum absolute atomic E-state index is 5.51. The lowest BCUT2D eigenvalue weighted by Gasteiger charge is -2.27. The molecule has 1 aliphatic heterocycles. The molecule has 0 spiro atoms. The topological polar surface area (TPSA) is 24.5 Å². The van der Waals surface area contributed by atoms with Gasteiger partial charge in [-0.05, 0) is 37.2 Å².